The van der Waals surface area contributed by atoms with Gasteiger partial charge in [0.05, 0.1) is 0 Å². The monoisotopic (exact) mass is 322 g/mol. The molecule has 1 amide bonds. The summed E-state index contributed by atoms with van der Waals surface area (Å²) in [7, 11) is 0. The molecule has 1 aromatic carbocycles. The first-order valence-electron chi connectivity index (χ1n) is 7.31. The minimum atomic E-state index is -0.202. The quantitative estimate of drug-likeness (QED) is 0.857. The second-order valence-corrected chi connectivity index (χ2v) is 5.27. The number of halogens is 1. The largest absolute Gasteiger partial charge is 0.451 e. The Morgan fingerprint density at radius 2 is 1.91 bits per heavy atom. The molecule has 3 N–H and O–H groups in total. The van der Waals surface area contributed by atoms with E-state index in [-0.39, 0.29) is 24.2 Å². The molecule has 0 spiro atoms. The van der Waals surface area contributed by atoms with Crippen LogP contribution in [0.5, 0.6) is 0 Å². The van der Waals surface area contributed by atoms with E-state index in [0.717, 1.165) is 12.0 Å². The molecular formula is C17H23ClN2O2. The number of rotatable bonds is 6. The van der Waals surface area contributed by atoms with E-state index in [4.69, 9.17) is 10.2 Å². The zero-order valence-electron chi connectivity index (χ0n) is 13.0. The Labute approximate surface area is 137 Å². The first kappa shape index (κ1) is 18.3. The van der Waals surface area contributed by atoms with E-state index in [0.29, 0.717) is 24.6 Å². The number of carbonyl (C=O) groups excluding carboxylic acids is 1. The van der Waals surface area contributed by atoms with Gasteiger partial charge in [-0.3, -0.25) is 4.79 Å². The van der Waals surface area contributed by atoms with Gasteiger partial charge in [0.2, 0.25) is 0 Å². The van der Waals surface area contributed by atoms with Crippen molar-refractivity contribution >= 4 is 18.3 Å². The van der Waals surface area contributed by atoms with Crippen molar-refractivity contribution < 1.29 is 9.21 Å². The lowest BCUT2D eigenvalue weighted by Crippen LogP contribution is -2.30. The molecule has 0 saturated heterocycles. The molecule has 0 aliphatic heterocycles. The van der Waals surface area contributed by atoms with Crippen molar-refractivity contribution in [3.05, 3.63) is 47.7 Å². The highest BCUT2D eigenvalue weighted by Crippen LogP contribution is 2.22. The molecule has 22 heavy (non-hydrogen) atoms. The fourth-order valence-electron chi connectivity index (χ4n) is 1.96. The summed E-state index contributed by atoms with van der Waals surface area (Å²) in [5.41, 5.74) is 7.78. The van der Waals surface area contributed by atoms with E-state index in [1.54, 1.807) is 6.07 Å². The summed E-state index contributed by atoms with van der Waals surface area (Å²) >= 11 is 0. The van der Waals surface area contributed by atoms with Crippen LogP contribution < -0.4 is 11.1 Å². The van der Waals surface area contributed by atoms with Crippen LogP contribution in [0.25, 0.3) is 11.3 Å². The molecule has 0 fully saturated rings. The van der Waals surface area contributed by atoms with Crippen LogP contribution in [-0.2, 0) is 6.42 Å². The Bertz CT molecular complexity index is 593. The van der Waals surface area contributed by atoms with Crippen LogP contribution in [0.1, 0.15) is 30.0 Å². The summed E-state index contributed by atoms with van der Waals surface area (Å²) < 4.78 is 5.63. The average molecular weight is 323 g/mol. The molecule has 0 aliphatic carbocycles. The van der Waals surface area contributed by atoms with Gasteiger partial charge in [-0.2, -0.15) is 0 Å². The van der Waals surface area contributed by atoms with E-state index in [1.165, 1.54) is 5.56 Å². The molecule has 0 aliphatic rings. The smallest absolute Gasteiger partial charge is 0.287 e. The molecule has 1 unspecified atom stereocenters. The predicted molar refractivity (Wildman–Crippen MR) is 91.3 cm³/mol. The van der Waals surface area contributed by atoms with Gasteiger partial charge in [-0.15, -0.1) is 12.4 Å². The van der Waals surface area contributed by atoms with Crippen LogP contribution >= 0.6 is 12.4 Å². The van der Waals surface area contributed by atoms with Gasteiger partial charge in [-0.1, -0.05) is 38.1 Å². The predicted octanol–water partition coefficient (Wildman–Crippen LogP) is 3.26. The standard InChI is InChI=1S/C17H22N2O2.ClH/c1-3-13-4-6-14(7-5-13)15-8-9-16(21-15)17(20)19-11-12(2)10-18;/h4-9,12H,3,10-11,18H2,1-2H3,(H,19,20);1H. The van der Waals surface area contributed by atoms with E-state index >= 15 is 0 Å². The van der Waals surface area contributed by atoms with Gasteiger partial charge >= 0.3 is 0 Å². The Morgan fingerprint density at radius 1 is 1.23 bits per heavy atom. The van der Waals surface area contributed by atoms with Crippen LogP contribution in [0.3, 0.4) is 0 Å². The second kappa shape index (κ2) is 8.61. The number of hydrogen-bond donors (Lipinski definition) is 2. The van der Waals surface area contributed by atoms with Crippen molar-refractivity contribution in [3.63, 3.8) is 0 Å². The van der Waals surface area contributed by atoms with Crippen molar-refractivity contribution in [3.8, 4) is 11.3 Å². The Hall–Kier alpha value is -1.78. The maximum Gasteiger partial charge on any atom is 0.287 e. The third kappa shape index (κ3) is 4.61. The van der Waals surface area contributed by atoms with Crippen LogP contribution in [0.4, 0.5) is 0 Å². The van der Waals surface area contributed by atoms with Gasteiger partial charge in [0.25, 0.3) is 5.91 Å². The van der Waals surface area contributed by atoms with Crippen molar-refractivity contribution in [2.24, 2.45) is 11.7 Å². The molecule has 1 aromatic heterocycles. The minimum Gasteiger partial charge on any atom is -0.451 e. The number of nitrogens with one attached hydrogen (secondary N) is 1. The zero-order chi connectivity index (χ0) is 15.2. The zero-order valence-corrected chi connectivity index (χ0v) is 13.8. The number of amides is 1. The maximum absolute atomic E-state index is 12.0. The van der Waals surface area contributed by atoms with Gasteiger partial charge < -0.3 is 15.5 Å². The molecule has 4 nitrogen and oxygen atoms in total. The van der Waals surface area contributed by atoms with Crippen molar-refractivity contribution in [1.29, 1.82) is 0 Å². The Morgan fingerprint density at radius 3 is 2.50 bits per heavy atom. The lowest BCUT2D eigenvalue weighted by Gasteiger charge is -2.08. The number of hydrogen-bond acceptors (Lipinski definition) is 3. The lowest BCUT2D eigenvalue weighted by atomic mass is 10.1. The molecular weight excluding hydrogens is 300 g/mol. The number of carbonyl (C=O) groups is 1. The minimum absolute atomic E-state index is 0. The molecule has 1 heterocycles. The normalized spacial score (nSPS) is 11.6. The van der Waals surface area contributed by atoms with Gasteiger partial charge in [0.1, 0.15) is 5.76 Å². The summed E-state index contributed by atoms with van der Waals surface area (Å²) in [5, 5.41) is 2.82. The van der Waals surface area contributed by atoms with Crippen LogP contribution in [0, 0.1) is 5.92 Å². The van der Waals surface area contributed by atoms with E-state index in [2.05, 4.69) is 24.4 Å². The Balaban J connectivity index is 0.00000242. The molecule has 2 aromatic rings. The van der Waals surface area contributed by atoms with Crippen molar-refractivity contribution in [1.82, 2.24) is 5.32 Å². The average Bonchev–Trinajstić information content (AvgIpc) is 3.02. The molecule has 0 bridgehead atoms. The lowest BCUT2D eigenvalue weighted by molar-refractivity contribution is 0.0921. The van der Waals surface area contributed by atoms with Crippen LogP contribution in [-0.4, -0.2) is 19.0 Å². The summed E-state index contributed by atoms with van der Waals surface area (Å²) in [6.07, 6.45) is 1.01. The molecule has 120 valence electrons. The molecule has 5 heteroatoms. The van der Waals surface area contributed by atoms with Gasteiger partial charge in [-0.25, -0.2) is 0 Å². The SMILES string of the molecule is CCc1ccc(-c2ccc(C(=O)NCC(C)CN)o2)cc1.Cl. The van der Waals surface area contributed by atoms with Gasteiger partial charge in [0.15, 0.2) is 5.76 Å². The number of furan rings is 1. The summed E-state index contributed by atoms with van der Waals surface area (Å²) in [6, 6.07) is 11.7. The highest BCUT2D eigenvalue weighted by molar-refractivity contribution is 5.92. The van der Waals surface area contributed by atoms with Crippen LogP contribution in [0.15, 0.2) is 40.8 Å². The number of nitrogens with two attached hydrogens (primary N) is 1. The highest BCUT2D eigenvalue weighted by Gasteiger charge is 2.12. The fourth-order valence-corrected chi connectivity index (χ4v) is 1.96. The molecule has 0 saturated carbocycles. The molecule has 1 atom stereocenters. The van der Waals surface area contributed by atoms with Gasteiger partial charge in [-0.05, 0) is 36.6 Å². The summed E-state index contributed by atoms with van der Waals surface area (Å²) in [5.74, 6) is 1.08. The van der Waals surface area contributed by atoms with E-state index in [1.807, 2.05) is 25.1 Å². The third-order valence-electron chi connectivity index (χ3n) is 3.49. The van der Waals surface area contributed by atoms with E-state index in [9.17, 15) is 4.79 Å². The van der Waals surface area contributed by atoms with Crippen LogP contribution in [0.2, 0.25) is 0 Å². The Kier molecular flexibility index (Phi) is 7.15. The topological polar surface area (TPSA) is 68.3 Å². The van der Waals surface area contributed by atoms with Gasteiger partial charge in [0, 0.05) is 12.1 Å². The van der Waals surface area contributed by atoms with E-state index < -0.39 is 0 Å². The van der Waals surface area contributed by atoms with Crippen molar-refractivity contribution in [2.75, 3.05) is 13.1 Å². The number of benzene rings is 1. The second-order valence-electron chi connectivity index (χ2n) is 5.27. The number of aryl methyl sites for hydroxylation is 1. The molecule has 2 rings (SSSR count). The summed E-state index contributed by atoms with van der Waals surface area (Å²) in [4.78, 5) is 12.0. The highest BCUT2D eigenvalue weighted by atomic mass is 35.5. The first-order valence-corrected chi connectivity index (χ1v) is 7.31. The van der Waals surface area contributed by atoms with Crippen molar-refractivity contribution in [2.45, 2.75) is 20.3 Å². The molecule has 0 radical (unpaired) electrons. The fraction of sp³-hybridized carbons (Fsp3) is 0.353. The maximum atomic E-state index is 12.0. The third-order valence-corrected chi connectivity index (χ3v) is 3.49. The summed E-state index contributed by atoms with van der Waals surface area (Å²) in [6.45, 7) is 5.21. The first-order chi connectivity index (χ1) is 10.1.